The van der Waals surface area contributed by atoms with Crippen molar-refractivity contribution < 1.29 is 14.6 Å². The van der Waals surface area contributed by atoms with E-state index in [-0.39, 0.29) is 5.92 Å². The van der Waals surface area contributed by atoms with Crippen LogP contribution < -0.4 is 5.32 Å². The molecule has 2 rings (SSSR count). The van der Waals surface area contributed by atoms with Gasteiger partial charge in [0.1, 0.15) is 0 Å². The van der Waals surface area contributed by atoms with Crippen LogP contribution in [0.4, 0.5) is 0 Å². The van der Waals surface area contributed by atoms with E-state index in [0.717, 1.165) is 51.7 Å². The van der Waals surface area contributed by atoms with E-state index in [2.05, 4.69) is 5.32 Å². The quantitative estimate of drug-likeness (QED) is 0.765. The van der Waals surface area contributed by atoms with Gasteiger partial charge < -0.3 is 15.2 Å². The second-order valence-corrected chi connectivity index (χ2v) is 4.95. The standard InChI is InChI=1S/C12H21NO3/c14-12(15)9-2-1-3-11(8-9)13-10-4-6-16-7-5-10/h9-11,13H,1-8H2,(H,14,15). The molecule has 0 spiro atoms. The van der Waals surface area contributed by atoms with Crippen molar-refractivity contribution in [1.82, 2.24) is 5.32 Å². The van der Waals surface area contributed by atoms with Crippen molar-refractivity contribution in [3.8, 4) is 0 Å². The summed E-state index contributed by atoms with van der Waals surface area (Å²) in [7, 11) is 0. The number of rotatable bonds is 3. The van der Waals surface area contributed by atoms with Crippen molar-refractivity contribution in [2.75, 3.05) is 13.2 Å². The van der Waals surface area contributed by atoms with Crippen LogP contribution in [0.25, 0.3) is 0 Å². The third-order valence-corrected chi connectivity index (χ3v) is 3.72. The highest BCUT2D eigenvalue weighted by molar-refractivity contribution is 5.70. The Morgan fingerprint density at radius 3 is 2.56 bits per heavy atom. The summed E-state index contributed by atoms with van der Waals surface area (Å²) >= 11 is 0. The van der Waals surface area contributed by atoms with Crippen molar-refractivity contribution in [2.45, 2.75) is 50.6 Å². The summed E-state index contributed by atoms with van der Waals surface area (Å²) in [5.41, 5.74) is 0. The van der Waals surface area contributed by atoms with E-state index in [1.807, 2.05) is 0 Å². The first kappa shape index (κ1) is 11.9. The lowest BCUT2D eigenvalue weighted by atomic mass is 9.85. The van der Waals surface area contributed by atoms with E-state index >= 15 is 0 Å². The van der Waals surface area contributed by atoms with Gasteiger partial charge in [-0.3, -0.25) is 4.79 Å². The van der Waals surface area contributed by atoms with Gasteiger partial charge in [0.25, 0.3) is 0 Å². The molecule has 2 aliphatic rings. The normalized spacial score (nSPS) is 32.5. The number of hydrogen-bond acceptors (Lipinski definition) is 3. The van der Waals surface area contributed by atoms with Gasteiger partial charge in [-0.1, -0.05) is 6.42 Å². The predicted octanol–water partition coefficient (Wildman–Crippen LogP) is 1.40. The van der Waals surface area contributed by atoms with Crippen LogP contribution in [0.2, 0.25) is 0 Å². The van der Waals surface area contributed by atoms with Crippen LogP contribution in [0.1, 0.15) is 38.5 Å². The van der Waals surface area contributed by atoms with Crippen molar-refractivity contribution in [2.24, 2.45) is 5.92 Å². The Morgan fingerprint density at radius 2 is 1.88 bits per heavy atom. The zero-order valence-electron chi connectivity index (χ0n) is 9.65. The molecule has 2 fully saturated rings. The predicted molar refractivity (Wildman–Crippen MR) is 60.4 cm³/mol. The van der Waals surface area contributed by atoms with E-state index in [1.54, 1.807) is 0 Å². The summed E-state index contributed by atoms with van der Waals surface area (Å²) in [5, 5.41) is 12.6. The van der Waals surface area contributed by atoms with Gasteiger partial charge in [-0.05, 0) is 32.1 Å². The second-order valence-electron chi connectivity index (χ2n) is 4.95. The number of hydrogen-bond donors (Lipinski definition) is 2. The molecule has 0 aromatic carbocycles. The average Bonchev–Trinajstić information content (AvgIpc) is 2.30. The van der Waals surface area contributed by atoms with E-state index in [9.17, 15) is 4.79 Å². The fourth-order valence-electron chi connectivity index (χ4n) is 2.76. The number of carbonyl (C=O) groups is 1. The lowest BCUT2D eigenvalue weighted by Crippen LogP contribution is -2.44. The Hall–Kier alpha value is -0.610. The number of nitrogens with one attached hydrogen (secondary N) is 1. The molecule has 0 radical (unpaired) electrons. The van der Waals surface area contributed by atoms with Gasteiger partial charge in [-0.2, -0.15) is 0 Å². The summed E-state index contributed by atoms with van der Waals surface area (Å²) in [6.45, 7) is 1.68. The molecule has 2 atom stereocenters. The van der Waals surface area contributed by atoms with E-state index in [0.29, 0.717) is 12.1 Å². The Bertz CT molecular complexity index is 238. The molecule has 1 heterocycles. The van der Waals surface area contributed by atoms with Gasteiger partial charge in [0.05, 0.1) is 5.92 Å². The largest absolute Gasteiger partial charge is 0.481 e. The molecule has 0 bridgehead atoms. The third-order valence-electron chi connectivity index (χ3n) is 3.72. The highest BCUT2D eigenvalue weighted by Gasteiger charge is 2.28. The minimum Gasteiger partial charge on any atom is -0.481 e. The number of carboxylic acids is 1. The maximum absolute atomic E-state index is 10.9. The molecule has 16 heavy (non-hydrogen) atoms. The minimum atomic E-state index is -0.626. The lowest BCUT2D eigenvalue weighted by molar-refractivity contribution is -0.143. The molecule has 2 unspecified atom stereocenters. The Balaban J connectivity index is 1.78. The van der Waals surface area contributed by atoms with Crippen LogP contribution in [-0.2, 0) is 9.53 Å². The van der Waals surface area contributed by atoms with Crippen LogP contribution >= 0.6 is 0 Å². The van der Waals surface area contributed by atoms with Crippen LogP contribution in [0, 0.1) is 5.92 Å². The van der Waals surface area contributed by atoms with Crippen LogP contribution in [0.5, 0.6) is 0 Å². The Kier molecular flexibility index (Phi) is 4.18. The minimum absolute atomic E-state index is 0.133. The van der Waals surface area contributed by atoms with Crippen LogP contribution in [0.3, 0.4) is 0 Å². The van der Waals surface area contributed by atoms with E-state index < -0.39 is 5.97 Å². The molecule has 1 saturated carbocycles. The van der Waals surface area contributed by atoms with Gasteiger partial charge in [0.15, 0.2) is 0 Å². The number of ether oxygens (including phenoxy) is 1. The summed E-state index contributed by atoms with van der Waals surface area (Å²) < 4.78 is 5.31. The molecule has 1 aliphatic carbocycles. The van der Waals surface area contributed by atoms with Crippen LogP contribution in [-0.4, -0.2) is 36.4 Å². The highest BCUT2D eigenvalue weighted by atomic mass is 16.5. The fraction of sp³-hybridized carbons (Fsp3) is 0.917. The summed E-state index contributed by atoms with van der Waals surface area (Å²) in [6.07, 6.45) is 5.94. The third kappa shape index (κ3) is 3.19. The maximum Gasteiger partial charge on any atom is 0.306 e. The monoisotopic (exact) mass is 227 g/mol. The van der Waals surface area contributed by atoms with Gasteiger partial charge >= 0.3 is 5.97 Å². The van der Waals surface area contributed by atoms with Crippen molar-refractivity contribution in [3.63, 3.8) is 0 Å². The molecule has 0 aromatic heterocycles. The maximum atomic E-state index is 10.9. The Morgan fingerprint density at radius 1 is 1.12 bits per heavy atom. The first-order valence-electron chi connectivity index (χ1n) is 6.32. The first-order valence-corrected chi connectivity index (χ1v) is 6.32. The second kappa shape index (κ2) is 5.64. The molecule has 1 saturated heterocycles. The fourth-order valence-corrected chi connectivity index (χ4v) is 2.76. The molecular weight excluding hydrogens is 206 g/mol. The van der Waals surface area contributed by atoms with E-state index in [4.69, 9.17) is 9.84 Å². The van der Waals surface area contributed by atoms with Gasteiger partial charge in [0, 0.05) is 25.3 Å². The summed E-state index contributed by atoms with van der Waals surface area (Å²) in [4.78, 5) is 10.9. The first-order chi connectivity index (χ1) is 7.75. The molecule has 0 amide bonds. The number of carboxylic acid groups (broad SMARTS) is 1. The van der Waals surface area contributed by atoms with Gasteiger partial charge in [0.2, 0.25) is 0 Å². The van der Waals surface area contributed by atoms with Crippen molar-refractivity contribution >= 4 is 5.97 Å². The Labute approximate surface area is 96.4 Å². The molecule has 0 aromatic rings. The molecule has 4 heteroatoms. The van der Waals surface area contributed by atoms with E-state index in [1.165, 1.54) is 0 Å². The molecule has 1 aliphatic heterocycles. The molecule has 2 N–H and O–H groups in total. The number of aliphatic carboxylic acids is 1. The summed E-state index contributed by atoms with van der Waals surface area (Å²) in [6, 6.07) is 0.934. The molecule has 4 nitrogen and oxygen atoms in total. The highest BCUT2D eigenvalue weighted by Crippen LogP contribution is 2.25. The van der Waals surface area contributed by atoms with Crippen LogP contribution in [0.15, 0.2) is 0 Å². The molecule has 92 valence electrons. The van der Waals surface area contributed by atoms with Crippen molar-refractivity contribution in [3.05, 3.63) is 0 Å². The smallest absolute Gasteiger partial charge is 0.306 e. The van der Waals surface area contributed by atoms with Gasteiger partial charge in [-0.25, -0.2) is 0 Å². The van der Waals surface area contributed by atoms with Gasteiger partial charge in [-0.15, -0.1) is 0 Å². The average molecular weight is 227 g/mol. The lowest BCUT2D eigenvalue weighted by Gasteiger charge is -2.32. The molecular formula is C12H21NO3. The topological polar surface area (TPSA) is 58.6 Å². The van der Waals surface area contributed by atoms with Crippen molar-refractivity contribution in [1.29, 1.82) is 0 Å². The zero-order valence-corrected chi connectivity index (χ0v) is 9.65. The zero-order chi connectivity index (χ0) is 11.4. The summed E-state index contributed by atoms with van der Waals surface area (Å²) in [5.74, 6) is -0.760. The SMILES string of the molecule is O=C(O)C1CCCC(NC2CCOCC2)C1.